The number of anilines is 1. The predicted molar refractivity (Wildman–Crippen MR) is 94.9 cm³/mol. The summed E-state index contributed by atoms with van der Waals surface area (Å²) in [5.74, 6) is -0.231. The first kappa shape index (κ1) is 17.1. The van der Waals surface area contributed by atoms with Crippen molar-refractivity contribution in [1.29, 1.82) is 0 Å². The molecule has 1 amide bonds. The van der Waals surface area contributed by atoms with Crippen molar-refractivity contribution in [2.45, 2.75) is 6.92 Å². The Hall–Kier alpha value is -2.77. The van der Waals surface area contributed by atoms with Crippen molar-refractivity contribution < 1.29 is 14.3 Å². The smallest absolute Gasteiger partial charge is 0.250 e. The topological polar surface area (TPSA) is 78.3 Å². The number of ether oxygens (including phenoxy) is 2. The molecule has 0 aliphatic carbocycles. The lowest BCUT2D eigenvalue weighted by molar-refractivity contribution is -0.121. The van der Waals surface area contributed by atoms with E-state index in [2.05, 4.69) is 15.4 Å². The number of fused-ring (bicyclic) bond motifs is 1. The Morgan fingerprint density at radius 3 is 2.80 bits per heavy atom. The molecule has 2 aromatic heterocycles. The molecule has 0 radical (unpaired) electrons. The quantitative estimate of drug-likeness (QED) is 0.668. The highest BCUT2D eigenvalue weighted by Crippen LogP contribution is 2.22. The molecule has 7 nitrogen and oxygen atoms in total. The van der Waals surface area contributed by atoms with Crippen molar-refractivity contribution in [3.63, 3.8) is 0 Å². The molecule has 0 fully saturated rings. The van der Waals surface area contributed by atoms with Gasteiger partial charge in [0.25, 0.3) is 0 Å². The van der Waals surface area contributed by atoms with Crippen LogP contribution in [0, 0.1) is 6.92 Å². The SMILES string of the molecule is COCCOCC(=O)Nc1cnc2c(c1)c(C)nn2-c1ccccc1. The van der Waals surface area contributed by atoms with Crippen molar-refractivity contribution in [3.05, 3.63) is 48.3 Å². The number of aryl methyl sites for hydroxylation is 1. The summed E-state index contributed by atoms with van der Waals surface area (Å²) in [6.45, 7) is 2.73. The minimum absolute atomic E-state index is 0.0242. The number of rotatable bonds is 7. The van der Waals surface area contributed by atoms with Gasteiger partial charge in [0.1, 0.15) is 6.61 Å². The first-order chi connectivity index (χ1) is 12.2. The molecule has 7 heteroatoms. The van der Waals surface area contributed by atoms with E-state index in [0.717, 1.165) is 22.4 Å². The molecule has 2 heterocycles. The van der Waals surface area contributed by atoms with E-state index >= 15 is 0 Å². The van der Waals surface area contributed by atoms with E-state index in [9.17, 15) is 4.79 Å². The van der Waals surface area contributed by atoms with Crippen molar-refractivity contribution >= 4 is 22.6 Å². The fraction of sp³-hybridized carbons (Fsp3) is 0.278. The van der Waals surface area contributed by atoms with E-state index in [1.54, 1.807) is 18.0 Å². The summed E-state index contributed by atoms with van der Waals surface area (Å²) < 4.78 is 11.9. The predicted octanol–water partition coefficient (Wildman–Crippen LogP) is 2.33. The zero-order valence-corrected chi connectivity index (χ0v) is 14.2. The molecule has 3 aromatic rings. The van der Waals surface area contributed by atoms with Gasteiger partial charge in [-0.25, -0.2) is 9.67 Å². The maximum Gasteiger partial charge on any atom is 0.250 e. The Labute approximate surface area is 145 Å². The summed E-state index contributed by atoms with van der Waals surface area (Å²) in [4.78, 5) is 16.4. The number of nitrogens with one attached hydrogen (secondary N) is 1. The van der Waals surface area contributed by atoms with Crippen molar-refractivity contribution in [1.82, 2.24) is 14.8 Å². The molecule has 0 unspecified atom stereocenters. The first-order valence-corrected chi connectivity index (χ1v) is 7.96. The zero-order chi connectivity index (χ0) is 17.6. The van der Waals surface area contributed by atoms with Gasteiger partial charge in [0.15, 0.2) is 5.65 Å². The highest BCUT2D eigenvalue weighted by atomic mass is 16.5. The van der Waals surface area contributed by atoms with E-state index in [-0.39, 0.29) is 12.5 Å². The second kappa shape index (κ2) is 7.87. The van der Waals surface area contributed by atoms with Crippen molar-refractivity contribution in [2.75, 3.05) is 32.2 Å². The third kappa shape index (κ3) is 4.01. The summed E-state index contributed by atoms with van der Waals surface area (Å²) in [6.07, 6.45) is 1.62. The van der Waals surface area contributed by atoms with Crippen LogP contribution in [0.3, 0.4) is 0 Å². The number of benzene rings is 1. The normalized spacial score (nSPS) is 11.0. The van der Waals surface area contributed by atoms with Gasteiger partial charge in [-0.1, -0.05) is 18.2 Å². The second-order valence-corrected chi connectivity index (χ2v) is 5.52. The Morgan fingerprint density at radius 2 is 2.04 bits per heavy atom. The lowest BCUT2D eigenvalue weighted by Gasteiger charge is -2.06. The monoisotopic (exact) mass is 340 g/mol. The van der Waals surface area contributed by atoms with Gasteiger partial charge in [0, 0.05) is 12.5 Å². The lowest BCUT2D eigenvalue weighted by Crippen LogP contribution is -2.19. The summed E-state index contributed by atoms with van der Waals surface area (Å²) in [7, 11) is 1.59. The van der Waals surface area contributed by atoms with Gasteiger partial charge < -0.3 is 14.8 Å². The number of amides is 1. The molecule has 25 heavy (non-hydrogen) atoms. The van der Waals surface area contributed by atoms with Crippen molar-refractivity contribution in [3.8, 4) is 5.69 Å². The number of aromatic nitrogens is 3. The van der Waals surface area contributed by atoms with Gasteiger partial charge in [-0.15, -0.1) is 0 Å². The number of hydrogen-bond acceptors (Lipinski definition) is 5. The van der Waals surface area contributed by atoms with Crippen LogP contribution in [0.15, 0.2) is 42.6 Å². The van der Waals surface area contributed by atoms with Gasteiger partial charge in [0.2, 0.25) is 5.91 Å². The van der Waals surface area contributed by atoms with Crippen LogP contribution in [-0.2, 0) is 14.3 Å². The average molecular weight is 340 g/mol. The maximum absolute atomic E-state index is 11.9. The molecule has 1 aromatic carbocycles. The third-order valence-electron chi connectivity index (χ3n) is 3.66. The van der Waals surface area contributed by atoms with Gasteiger partial charge >= 0.3 is 0 Å². The highest BCUT2D eigenvalue weighted by Gasteiger charge is 2.12. The van der Waals surface area contributed by atoms with E-state index < -0.39 is 0 Å². The van der Waals surface area contributed by atoms with E-state index in [0.29, 0.717) is 18.9 Å². The van der Waals surface area contributed by atoms with Crippen LogP contribution in [0.4, 0.5) is 5.69 Å². The number of carbonyl (C=O) groups is 1. The molecule has 0 saturated carbocycles. The number of para-hydroxylation sites is 1. The van der Waals surface area contributed by atoms with Crippen LogP contribution in [0.1, 0.15) is 5.69 Å². The minimum Gasteiger partial charge on any atom is -0.382 e. The standard InChI is InChI=1S/C18H20N4O3/c1-13-16-10-14(20-17(23)12-25-9-8-24-2)11-19-18(16)22(21-13)15-6-4-3-5-7-15/h3-7,10-11H,8-9,12H2,1-2H3,(H,20,23). The summed E-state index contributed by atoms with van der Waals surface area (Å²) in [5.41, 5.74) is 3.15. The number of hydrogen-bond donors (Lipinski definition) is 1. The Kier molecular flexibility index (Phi) is 5.37. The molecular formula is C18H20N4O3. The fourth-order valence-corrected chi connectivity index (χ4v) is 2.47. The Morgan fingerprint density at radius 1 is 1.24 bits per heavy atom. The van der Waals surface area contributed by atoms with Gasteiger partial charge in [-0.3, -0.25) is 4.79 Å². The van der Waals surface area contributed by atoms with E-state index in [4.69, 9.17) is 9.47 Å². The van der Waals surface area contributed by atoms with Crippen LogP contribution in [0.5, 0.6) is 0 Å². The molecule has 0 bridgehead atoms. The van der Waals surface area contributed by atoms with E-state index in [1.165, 1.54) is 0 Å². The summed E-state index contributed by atoms with van der Waals surface area (Å²) in [5, 5.41) is 8.23. The molecule has 0 aliphatic rings. The average Bonchev–Trinajstić information content (AvgIpc) is 2.96. The Balaban J connectivity index is 1.77. The molecule has 130 valence electrons. The second-order valence-electron chi connectivity index (χ2n) is 5.52. The molecule has 0 saturated heterocycles. The van der Waals surface area contributed by atoms with Gasteiger partial charge in [-0.2, -0.15) is 5.10 Å². The molecule has 3 rings (SSSR count). The summed E-state index contributed by atoms with van der Waals surface area (Å²) >= 11 is 0. The lowest BCUT2D eigenvalue weighted by atomic mass is 10.2. The molecule has 1 N–H and O–H groups in total. The first-order valence-electron chi connectivity index (χ1n) is 7.96. The number of carbonyl (C=O) groups excluding carboxylic acids is 1. The largest absolute Gasteiger partial charge is 0.382 e. The van der Waals surface area contributed by atoms with Gasteiger partial charge in [-0.05, 0) is 25.1 Å². The van der Waals surface area contributed by atoms with Gasteiger partial charge in [0.05, 0.1) is 36.5 Å². The van der Waals surface area contributed by atoms with Crippen LogP contribution in [-0.4, -0.2) is 47.6 Å². The third-order valence-corrected chi connectivity index (χ3v) is 3.66. The van der Waals surface area contributed by atoms with E-state index in [1.807, 2.05) is 43.3 Å². The van der Waals surface area contributed by atoms with Crippen LogP contribution >= 0.6 is 0 Å². The molecular weight excluding hydrogens is 320 g/mol. The minimum atomic E-state index is -0.231. The van der Waals surface area contributed by atoms with Crippen molar-refractivity contribution in [2.24, 2.45) is 0 Å². The zero-order valence-electron chi connectivity index (χ0n) is 14.2. The number of methoxy groups -OCH3 is 1. The van der Waals surface area contributed by atoms with Crippen LogP contribution < -0.4 is 5.32 Å². The molecule has 0 aliphatic heterocycles. The Bertz CT molecular complexity index is 861. The number of pyridine rings is 1. The van der Waals surface area contributed by atoms with Crippen LogP contribution in [0.25, 0.3) is 16.7 Å². The van der Waals surface area contributed by atoms with Crippen LogP contribution in [0.2, 0.25) is 0 Å². The number of nitrogens with zero attached hydrogens (tertiary/aromatic N) is 3. The summed E-state index contributed by atoms with van der Waals surface area (Å²) in [6, 6.07) is 11.7. The highest BCUT2D eigenvalue weighted by molar-refractivity contribution is 5.94. The molecule has 0 atom stereocenters. The fourth-order valence-electron chi connectivity index (χ4n) is 2.47. The molecule has 0 spiro atoms. The maximum atomic E-state index is 11.9.